The van der Waals surface area contributed by atoms with Gasteiger partial charge in [-0.25, -0.2) is 4.98 Å². The van der Waals surface area contributed by atoms with Crippen LogP contribution in [-0.2, 0) is 6.54 Å². The summed E-state index contributed by atoms with van der Waals surface area (Å²) in [5, 5.41) is 5.58. The number of thiazole rings is 1. The Morgan fingerprint density at radius 2 is 1.79 bits per heavy atom. The number of anilines is 1. The lowest BCUT2D eigenvalue weighted by molar-refractivity contribution is 0.0946. The third-order valence-corrected chi connectivity index (χ3v) is 4.55. The molecule has 0 atom stereocenters. The molecule has 3 aromatic rings. The molecule has 4 nitrogen and oxygen atoms in total. The van der Waals surface area contributed by atoms with E-state index in [4.69, 9.17) is 0 Å². The molecular weight excluding hydrogens is 318 g/mol. The van der Waals surface area contributed by atoms with E-state index in [-0.39, 0.29) is 5.91 Å². The molecule has 0 spiro atoms. The van der Waals surface area contributed by atoms with Gasteiger partial charge in [-0.05, 0) is 17.7 Å². The monoisotopic (exact) mass is 337 g/mol. The number of rotatable bonds is 5. The van der Waals surface area contributed by atoms with Gasteiger partial charge in [-0.2, -0.15) is 0 Å². The molecule has 0 saturated heterocycles. The molecule has 0 bridgehead atoms. The SMILES string of the molecule is CN(C)c1ccc(CNC(=O)c2csc(-c3ccccc3)n2)cc1. The summed E-state index contributed by atoms with van der Waals surface area (Å²) in [5.74, 6) is -0.148. The van der Waals surface area contributed by atoms with Gasteiger partial charge in [-0.3, -0.25) is 4.79 Å². The van der Waals surface area contributed by atoms with Crippen LogP contribution < -0.4 is 10.2 Å². The van der Waals surface area contributed by atoms with E-state index in [0.29, 0.717) is 12.2 Å². The highest BCUT2D eigenvalue weighted by Crippen LogP contribution is 2.23. The van der Waals surface area contributed by atoms with E-state index in [1.807, 2.05) is 73.6 Å². The maximum Gasteiger partial charge on any atom is 0.271 e. The lowest BCUT2D eigenvalue weighted by Gasteiger charge is -2.12. The number of nitrogens with one attached hydrogen (secondary N) is 1. The van der Waals surface area contributed by atoms with Crippen molar-refractivity contribution in [2.75, 3.05) is 19.0 Å². The highest BCUT2D eigenvalue weighted by atomic mass is 32.1. The molecule has 0 radical (unpaired) electrons. The van der Waals surface area contributed by atoms with Crippen LogP contribution in [0.4, 0.5) is 5.69 Å². The number of hydrogen-bond donors (Lipinski definition) is 1. The summed E-state index contributed by atoms with van der Waals surface area (Å²) in [6.07, 6.45) is 0. The standard InChI is InChI=1S/C19H19N3OS/c1-22(2)16-10-8-14(9-11-16)12-20-18(23)17-13-24-19(21-17)15-6-4-3-5-7-15/h3-11,13H,12H2,1-2H3,(H,20,23). The molecular formula is C19H19N3OS. The molecule has 1 aromatic heterocycles. The van der Waals surface area contributed by atoms with Crippen molar-refractivity contribution in [2.45, 2.75) is 6.54 Å². The average Bonchev–Trinajstić information content (AvgIpc) is 3.11. The molecule has 0 aliphatic carbocycles. The fourth-order valence-corrected chi connectivity index (χ4v) is 3.08. The zero-order valence-electron chi connectivity index (χ0n) is 13.7. The molecule has 3 rings (SSSR count). The van der Waals surface area contributed by atoms with Crippen LogP contribution in [0.5, 0.6) is 0 Å². The largest absolute Gasteiger partial charge is 0.378 e. The second kappa shape index (κ2) is 7.27. The zero-order chi connectivity index (χ0) is 16.9. The highest BCUT2D eigenvalue weighted by Gasteiger charge is 2.11. The molecule has 1 N–H and O–H groups in total. The third kappa shape index (κ3) is 3.81. The normalized spacial score (nSPS) is 10.4. The minimum Gasteiger partial charge on any atom is -0.378 e. The average molecular weight is 337 g/mol. The third-order valence-electron chi connectivity index (χ3n) is 3.66. The van der Waals surface area contributed by atoms with E-state index in [0.717, 1.165) is 21.8 Å². The Morgan fingerprint density at radius 1 is 1.08 bits per heavy atom. The van der Waals surface area contributed by atoms with Crippen LogP contribution >= 0.6 is 11.3 Å². The van der Waals surface area contributed by atoms with Gasteiger partial charge in [0.15, 0.2) is 0 Å². The van der Waals surface area contributed by atoms with Crippen LogP contribution in [0, 0.1) is 0 Å². The maximum absolute atomic E-state index is 12.3. The minimum atomic E-state index is -0.148. The smallest absolute Gasteiger partial charge is 0.271 e. The van der Waals surface area contributed by atoms with Crippen LogP contribution in [0.15, 0.2) is 60.0 Å². The lowest BCUT2D eigenvalue weighted by Crippen LogP contribution is -2.23. The molecule has 1 heterocycles. The number of nitrogens with zero attached hydrogens (tertiary/aromatic N) is 2. The predicted octanol–water partition coefficient (Wildman–Crippen LogP) is 3.81. The number of carbonyl (C=O) groups excluding carboxylic acids is 1. The van der Waals surface area contributed by atoms with Gasteiger partial charge in [-0.15, -0.1) is 11.3 Å². The van der Waals surface area contributed by atoms with Crippen molar-refractivity contribution in [3.63, 3.8) is 0 Å². The van der Waals surface area contributed by atoms with Gasteiger partial charge in [0.1, 0.15) is 10.7 Å². The summed E-state index contributed by atoms with van der Waals surface area (Å²) in [4.78, 5) is 18.7. The Morgan fingerprint density at radius 3 is 2.46 bits per heavy atom. The van der Waals surface area contributed by atoms with Crippen LogP contribution in [0.3, 0.4) is 0 Å². The molecule has 0 unspecified atom stereocenters. The van der Waals surface area contributed by atoms with Crippen molar-refractivity contribution in [3.8, 4) is 10.6 Å². The second-order valence-electron chi connectivity index (χ2n) is 5.65. The zero-order valence-corrected chi connectivity index (χ0v) is 14.5. The van der Waals surface area contributed by atoms with Crippen molar-refractivity contribution >= 4 is 22.9 Å². The van der Waals surface area contributed by atoms with Gasteiger partial charge in [0, 0.05) is 37.3 Å². The van der Waals surface area contributed by atoms with E-state index >= 15 is 0 Å². The van der Waals surface area contributed by atoms with Crippen LogP contribution in [0.1, 0.15) is 16.1 Å². The quantitative estimate of drug-likeness (QED) is 0.770. The Labute approximate surface area is 145 Å². The molecule has 0 aliphatic heterocycles. The fraction of sp³-hybridized carbons (Fsp3) is 0.158. The molecule has 0 aliphatic rings. The van der Waals surface area contributed by atoms with E-state index < -0.39 is 0 Å². The van der Waals surface area contributed by atoms with E-state index in [9.17, 15) is 4.79 Å². The van der Waals surface area contributed by atoms with Crippen LogP contribution in [0.25, 0.3) is 10.6 Å². The molecule has 5 heteroatoms. The summed E-state index contributed by atoms with van der Waals surface area (Å²) in [6, 6.07) is 18.0. The first-order valence-corrected chi connectivity index (χ1v) is 8.57. The first-order valence-electron chi connectivity index (χ1n) is 7.69. The summed E-state index contributed by atoms with van der Waals surface area (Å²) < 4.78 is 0. The van der Waals surface area contributed by atoms with E-state index in [1.54, 1.807) is 5.38 Å². The molecule has 2 aromatic carbocycles. The molecule has 0 saturated carbocycles. The Bertz CT molecular complexity index is 810. The fourth-order valence-electron chi connectivity index (χ4n) is 2.28. The Hall–Kier alpha value is -2.66. The van der Waals surface area contributed by atoms with Crippen molar-refractivity contribution in [1.29, 1.82) is 0 Å². The van der Waals surface area contributed by atoms with Crippen molar-refractivity contribution in [2.24, 2.45) is 0 Å². The van der Waals surface area contributed by atoms with Gasteiger partial charge in [0.2, 0.25) is 0 Å². The number of amides is 1. The van der Waals surface area contributed by atoms with Crippen molar-refractivity contribution in [1.82, 2.24) is 10.3 Å². The molecule has 24 heavy (non-hydrogen) atoms. The van der Waals surface area contributed by atoms with Gasteiger partial charge in [-0.1, -0.05) is 42.5 Å². The maximum atomic E-state index is 12.3. The topological polar surface area (TPSA) is 45.2 Å². The number of aromatic nitrogens is 1. The Balaban J connectivity index is 1.62. The molecule has 122 valence electrons. The van der Waals surface area contributed by atoms with Crippen LogP contribution in [-0.4, -0.2) is 25.0 Å². The number of carbonyl (C=O) groups is 1. The van der Waals surface area contributed by atoms with Gasteiger partial charge in [0.05, 0.1) is 0 Å². The van der Waals surface area contributed by atoms with Gasteiger partial charge < -0.3 is 10.2 Å². The number of benzene rings is 2. The lowest BCUT2D eigenvalue weighted by atomic mass is 10.2. The van der Waals surface area contributed by atoms with Gasteiger partial charge in [0.25, 0.3) is 5.91 Å². The summed E-state index contributed by atoms with van der Waals surface area (Å²) in [5.41, 5.74) is 3.69. The first kappa shape index (κ1) is 16.2. The van der Waals surface area contributed by atoms with Gasteiger partial charge >= 0.3 is 0 Å². The van der Waals surface area contributed by atoms with E-state index in [1.165, 1.54) is 11.3 Å². The summed E-state index contributed by atoms with van der Waals surface area (Å²) >= 11 is 1.48. The van der Waals surface area contributed by atoms with Crippen molar-refractivity contribution in [3.05, 3.63) is 71.2 Å². The second-order valence-corrected chi connectivity index (χ2v) is 6.51. The van der Waals surface area contributed by atoms with E-state index in [2.05, 4.69) is 10.3 Å². The van der Waals surface area contributed by atoms with Crippen molar-refractivity contribution < 1.29 is 4.79 Å². The molecule has 1 amide bonds. The highest BCUT2D eigenvalue weighted by molar-refractivity contribution is 7.13. The summed E-state index contributed by atoms with van der Waals surface area (Å²) in [6.45, 7) is 0.491. The minimum absolute atomic E-state index is 0.148. The van der Waals surface area contributed by atoms with Crippen LogP contribution in [0.2, 0.25) is 0 Å². The Kier molecular flexibility index (Phi) is 4.91. The first-order chi connectivity index (χ1) is 11.6. The molecule has 0 fully saturated rings. The predicted molar refractivity (Wildman–Crippen MR) is 99.5 cm³/mol. The summed E-state index contributed by atoms with van der Waals surface area (Å²) in [7, 11) is 4.01. The number of hydrogen-bond acceptors (Lipinski definition) is 4.